The zero-order chi connectivity index (χ0) is 13.9. The number of hydrogen-bond acceptors (Lipinski definition) is 1. The van der Waals surface area contributed by atoms with Gasteiger partial charge in [0.2, 0.25) is 0 Å². The van der Waals surface area contributed by atoms with E-state index in [1.807, 2.05) is 12.1 Å². The van der Waals surface area contributed by atoms with E-state index in [0.717, 1.165) is 11.6 Å². The fourth-order valence-electron chi connectivity index (χ4n) is 4.19. The first-order valence-corrected chi connectivity index (χ1v) is 7.94. The zero-order valence-electron chi connectivity index (χ0n) is 12.2. The van der Waals surface area contributed by atoms with Crippen LogP contribution in [0.4, 0.5) is 0 Å². The van der Waals surface area contributed by atoms with Gasteiger partial charge in [-0.15, -0.1) is 0 Å². The minimum Gasteiger partial charge on any atom is -0.330 e. The van der Waals surface area contributed by atoms with E-state index in [9.17, 15) is 0 Å². The van der Waals surface area contributed by atoms with E-state index in [4.69, 9.17) is 17.3 Å². The van der Waals surface area contributed by atoms with Gasteiger partial charge >= 0.3 is 0 Å². The van der Waals surface area contributed by atoms with Gasteiger partial charge in [0.1, 0.15) is 0 Å². The predicted molar refractivity (Wildman–Crippen MR) is 83.7 cm³/mol. The maximum atomic E-state index is 6.12. The summed E-state index contributed by atoms with van der Waals surface area (Å²) in [5, 5.41) is 0.809. The Morgan fingerprint density at radius 2 is 1.58 bits per heavy atom. The predicted octanol–water partition coefficient (Wildman–Crippen LogP) is 4.92. The summed E-state index contributed by atoms with van der Waals surface area (Å²) in [6.07, 6.45) is 7.74. The van der Waals surface area contributed by atoms with Crippen LogP contribution in [0.2, 0.25) is 5.02 Å². The third-order valence-corrected chi connectivity index (χ3v) is 5.09. The van der Waals surface area contributed by atoms with Crippen LogP contribution in [0.3, 0.4) is 0 Å². The fraction of sp³-hybridized carbons (Fsp3) is 0.647. The summed E-state index contributed by atoms with van der Waals surface area (Å²) in [5.41, 5.74) is 8.24. The fourth-order valence-corrected chi connectivity index (χ4v) is 4.32. The van der Waals surface area contributed by atoms with Crippen molar-refractivity contribution in [2.45, 2.75) is 57.8 Å². The van der Waals surface area contributed by atoms with Gasteiger partial charge in [-0.1, -0.05) is 50.4 Å². The minimum absolute atomic E-state index is 0.203. The van der Waals surface area contributed by atoms with Crippen molar-refractivity contribution >= 4 is 11.6 Å². The second kappa shape index (κ2) is 5.85. The molecule has 1 nitrogen and oxygen atoms in total. The highest BCUT2D eigenvalue weighted by atomic mass is 35.5. The second-order valence-corrected chi connectivity index (χ2v) is 6.78. The number of halogens is 1. The van der Waals surface area contributed by atoms with Crippen LogP contribution < -0.4 is 5.73 Å². The molecule has 0 saturated heterocycles. The average molecular weight is 280 g/mol. The first-order chi connectivity index (χ1) is 9.10. The van der Waals surface area contributed by atoms with Gasteiger partial charge in [0.05, 0.1) is 0 Å². The summed E-state index contributed by atoms with van der Waals surface area (Å²) in [7, 11) is 0. The van der Waals surface area contributed by atoms with E-state index in [-0.39, 0.29) is 5.41 Å². The molecule has 0 unspecified atom stereocenters. The van der Waals surface area contributed by atoms with Crippen LogP contribution in [0.25, 0.3) is 0 Å². The zero-order valence-corrected chi connectivity index (χ0v) is 13.0. The maximum absolute atomic E-state index is 6.12. The van der Waals surface area contributed by atoms with Gasteiger partial charge in [0, 0.05) is 17.0 Å². The van der Waals surface area contributed by atoms with Crippen molar-refractivity contribution in [3.05, 3.63) is 34.9 Å². The SMILES string of the molecule is CCCC1(CCC)CC(CN)(c2ccc(Cl)cc2)C1. The molecule has 106 valence electrons. The summed E-state index contributed by atoms with van der Waals surface area (Å²) >= 11 is 5.99. The number of rotatable bonds is 6. The summed E-state index contributed by atoms with van der Waals surface area (Å²) in [6, 6.07) is 8.32. The topological polar surface area (TPSA) is 26.0 Å². The molecule has 2 heteroatoms. The Kier molecular flexibility index (Phi) is 4.58. The molecule has 0 aliphatic heterocycles. The van der Waals surface area contributed by atoms with Crippen molar-refractivity contribution in [1.29, 1.82) is 0 Å². The van der Waals surface area contributed by atoms with Gasteiger partial charge < -0.3 is 5.73 Å². The number of nitrogens with two attached hydrogens (primary N) is 1. The first-order valence-electron chi connectivity index (χ1n) is 7.56. The van der Waals surface area contributed by atoms with E-state index in [1.165, 1.54) is 44.1 Å². The first kappa shape index (κ1) is 14.9. The quantitative estimate of drug-likeness (QED) is 0.786. The van der Waals surface area contributed by atoms with E-state index >= 15 is 0 Å². The normalized spacial score (nSPS) is 20.0. The lowest BCUT2D eigenvalue weighted by Crippen LogP contribution is -2.53. The average Bonchev–Trinajstić information content (AvgIpc) is 2.36. The van der Waals surface area contributed by atoms with Crippen LogP contribution in [0.1, 0.15) is 57.9 Å². The highest BCUT2D eigenvalue weighted by Crippen LogP contribution is 2.59. The number of benzene rings is 1. The van der Waals surface area contributed by atoms with Crippen LogP contribution in [-0.4, -0.2) is 6.54 Å². The Labute approximate surface area is 122 Å². The van der Waals surface area contributed by atoms with Crippen LogP contribution >= 0.6 is 11.6 Å². The summed E-state index contributed by atoms with van der Waals surface area (Å²) in [4.78, 5) is 0. The van der Waals surface area contributed by atoms with Gasteiger partial charge in [-0.3, -0.25) is 0 Å². The molecule has 1 aromatic carbocycles. The van der Waals surface area contributed by atoms with Gasteiger partial charge in [0.25, 0.3) is 0 Å². The molecule has 1 aromatic rings. The van der Waals surface area contributed by atoms with Crippen molar-refractivity contribution in [3.8, 4) is 0 Å². The van der Waals surface area contributed by atoms with E-state index < -0.39 is 0 Å². The molecular weight excluding hydrogens is 254 g/mol. The van der Waals surface area contributed by atoms with Crippen LogP contribution in [0.15, 0.2) is 24.3 Å². The minimum atomic E-state index is 0.203. The molecule has 0 atom stereocenters. The van der Waals surface area contributed by atoms with E-state index in [1.54, 1.807) is 0 Å². The smallest absolute Gasteiger partial charge is 0.0406 e. The van der Waals surface area contributed by atoms with Crippen molar-refractivity contribution < 1.29 is 0 Å². The van der Waals surface area contributed by atoms with Gasteiger partial charge in [-0.2, -0.15) is 0 Å². The monoisotopic (exact) mass is 279 g/mol. The van der Waals surface area contributed by atoms with Crippen molar-refractivity contribution in [3.63, 3.8) is 0 Å². The second-order valence-electron chi connectivity index (χ2n) is 6.34. The summed E-state index contributed by atoms with van der Waals surface area (Å²) < 4.78 is 0. The highest BCUT2D eigenvalue weighted by Gasteiger charge is 2.52. The molecule has 1 aliphatic rings. The Hall–Kier alpha value is -0.530. The van der Waals surface area contributed by atoms with Gasteiger partial charge in [-0.05, 0) is 48.8 Å². The van der Waals surface area contributed by atoms with Crippen molar-refractivity contribution in [1.82, 2.24) is 0 Å². The maximum Gasteiger partial charge on any atom is 0.0406 e. The summed E-state index contributed by atoms with van der Waals surface area (Å²) in [6.45, 7) is 5.34. The molecule has 2 N–H and O–H groups in total. The molecule has 1 saturated carbocycles. The molecule has 0 bridgehead atoms. The highest BCUT2D eigenvalue weighted by molar-refractivity contribution is 6.30. The molecule has 0 radical (unpaired) electrons. The lowest BCUT2D eigenvalue weighted by molar-refractivity contribution is 0.00784. The summed E-state index contributed by atoms with van der Waals surface area (Å²) in [5.74, 6) is 0. The van der Waals surface area contributed by atoms with E-state index in [2.05, 4.69) is 26.0 Å². The van der Waals surface area contributed by atoms with E-state index in [0.29, 0.717) is 5.41 Å². The molecule has 0 aromatic heterocycles. The molecule has 2 rings (SSSR count). The standard InChI is InChI=1S/C17H26ClN/c1-3-9-16(10-4-2)11-17(12-16,13-19)14-5-7-15(18)8-6-14/h5-8H,3-4,9-13,19H2,1-2H3. The Morgan fingerprint density at radius 3 is 2.00 bits per heavy atom. The molecule has 1 aliphatic carbocycles. The molecule has 0 heterocycles. The third-order valence-electron chi connectivity index (χ3n) is 4.83. The number of hydrogen-bond donors (Lipinski definition) is 1. The third kappa shape index (κ3) is 2.83. The lowest BCUT2D eigenvalue weighted by atomic mass is 9.48. The lowest BCUT2D eigenvalue weighted by Gasteiger charge is -2.57. The van der Waals surface area contributed by atoms with Gasteiger partial charge in [0.15, 0.2) is 0 Å². The van der Waals surface area contributed by atoms with Crippen molar-refractivity contribution in [2.75, 3.05) is 6.54 Å². The largest absolute Gasteiger partial charge is 0.330 e. The molecule has 0 spiro atoms. The Balaban J connectivity index is 2.17. The molecule has 0 amide bonds. The van der Waals surface area contributed by atoms with Crippen LogP contribution in [0.5, 0.6) is 0 Å². The van der Waals surface area contributed by atoms with Gasteiger partial charge in [-0.25, -0.2) is 0 Å². The molecule has 1 fully saturated rings. The molecule has 19 heavy (non-hydrogen) atoms. The van der Waals surface area contributed by atoms with Crippen LogP contribution in [0, 0.1) is 5.41 Å². The molecular formula is C17H26ClN. The van der Waals surface area contributed by atoms with Crippen LogP contribution in [-0.2, 0) is 5.41 Å². The Bertz CT molecular complexity index is 396. The Morgan fingerprint density at radius 1 is 1.05 bits per heavy atom. The van der Waals surface area contributed by atoms with Crippen molar-refractivity contribution in [2.24, 2.45) is 11.1 Å².